The molecule has 104 valence electrons. The Kier molecular flexibility index (Phi) is 4.91. The van der Waals surface area contributed by atoms with Crippen molar-refractivity contribution < 1.29 is 22.8 Å². The molecule has 0 aliphatic heterocycles. The van der Waals surface area contributed by atoms with E-state index in [-0.39, 0.29) is 6.04 Å². The highest BCUT2D eigenvalue weighted by Crippen LogP contribution is 2.14. The lowest BCUT2D eigenvalue weighted by atomic mass is 10.1. The van der Waals surface area contributed by atoms with Crippen molar-refractivity contribution in [3.63, 3.8) is 0 Å². The molecule has 0 fully saturated rings. The fraction of sp³-hybridized carbons (Fsp3) is 0.333. The Morgan fingerprint density at radius 2 is 1.79 bits per heavy atom. The minimum Gasteiger partial charge on any atom is -0.348 e. The van der Waals surface area contributed by atoms with Crippen LogP contribution in [0.2, 0.25) is 0 Å². The maximum absolute atomic E-state index is 11.9. The predicted octanol–water partition coefficient (Wildman–Crippen LogP) is 1.54. The van der Waals surface area contributed by atoms with Gasteiger partial charge in [0.2, 0.25) is 5.91 Å². The van der Waals surface area contributed by atoms with Crippen LogP contribution in [0.3, 0.4) is 0 Å². The molecular weight excluding hydrogens is 261 g/mol. The SMILES string of the molecule is CC(NC(=O)CNC(=O)C(F)(F)F)c1ccccc1. The summed E-state index contributed by atoms with van der Waals surface area (Å²) in [5, 5.41) is 3.99. The zero-order valence-corrected chi connectivity index (χ0v) is 10.1. The lowest BCUT2D eigenvalue weighted by molar-refractivity contribution is -0.173. The highest BCUT2D eigenvalue weighted by Gasteiger charge is 2.38. The highest BCUT2D eigenvalue weighted by molar-refractivity contribution is 5.87. The number of halogens is 3. The van der Waals surface area contributed by atoms with Crippen molar-refractivity contribution in [1.82, 2.24) is 10.6 Å². The summed E-state index contributed by atoms with van der Waals surface area (Å²) >= 11 is 0. The number of carbonyl (C=O) groups is 2. The Hall–Kier alpha value is -2.05. The molecule has 0 heterocycles. The van der Waals surface area contributed by atoms with Crippen LogP contribution in [0.1, 0.15) is 18.5 Å². The van der Waals surface area contributed by atoms with E-state index in [1.54, 1.807) is 31.2 Å². The van der Waals surface area contributed by atoms with Gasteiger partial charge in [0.1, 0.15) is 0 Å². The summed E-state index contributed by atoms with van der Waals surface area (Å²) in [5.74, 6) is -2.82. The van der Waals surface area contributed by atoms with Crippen molar-refractivity contribution >= 4 is 11.8 Å². The molecule has 1 atom stereocenters. The van der Waals surface area contributed by atoms with E-state index in [0.29, 0.717) is 0 Å². The van der Waals surface area contributed by atoms with Gasteiger partial charge in [0.05, 0.1) is 12.6 Å². The number of benzene rings is 1. The Morgan fingerprint density at radius 3 is 2.32 bits per heavy atom. The minimum atomic E-state index is -4.98. The van der Waals surface area contributed by atoms with E-state index in [1.165, 1.54) is 5.32 Å². The predicted molar refractivity (Wildman–Crippen MR) is 62.1 cm³/mol. The molecule has 2 N–H and O–H groups in total. The number of rotatable bonds is 4. The second-order valence-electron chi connectivity index (χ2n) is 3.88. The normalized spacial score (nSPS) is 12.6. The van der Waals surface area contributed by atoms with Gasteiger partial charge < -0.3 is 10.6 Å². The standard InChI is InChI=1S/C12H13F3N2O2/c1-8(9-5-3-2-4-6-9)17-10(18)7-16-11(19)12(13,14)15/h2-6,8H,7H2,1H3,(H,16,19)(H,17,18). The van der Waals surface area contributed by atoms with E-state index in [9.17, 15) is 22.8 Å². The molecule has 7 heteroatoms. The van der Waals surface area contributed by atoms with Crippen LogP contribution in [0.4, 0.5) is 13.2 Å². The molecule has 1 rings (SSSR count). The largest absolute Gasteiger partial charge is 0.471 e. The van der Waals surface area contributed by atoms with Gasteiger partial charge in [-0.2, -0.15) is 13.2 Å². The van der Waals surface area contributed by atoms with Crippen molar-refractivity contribution in [2.24, 2.45) is 0 Å². The van der Waals surface area contributed by atoms with Crippen LogP contribution in [0.15, 0.2) is 30.3 Å². The molecule has 0 saturated heterocycles. The molecular formula is C12H13F3N2O2. The van der Waals surface area contributed by atoms with Gasteiger partial charge in [-0.3, -0.25) is 9.59 Å². The van der Waals surface area contributed by atoms with Gasteiger partial charge in [-0.25, -0.2) is 0 Å². The van der Waals surface area contributed by atoms with E-state index < -0.39 is 24.5 Å². The molecule has 0 bridgehead atoms. The zero-order valence-electron chi connectivity index (χ0n) is 10.1. The van der Waals surface area contributed by atoms with Gasteiger partial charge in [-0.1, -0.05) is 30.3 Å². The quantitative estimate of drug-likeness (QED) is 0.875. The van der Waals surface area contributed by atoms with Crippen LogP contribution in [0.5, 0.6) is 0 Å². The molecule has 1 aromatic carbocycles. The van der Waals surface area contributed by atoms with Crippen molar-refractivity contribution in [2.75, 3.05) is 6.54 Å². The molecule has 1 unspecified atom stereocenters. The lowest BCUT2D eigenvalue weighted by Crippen LogP contribution is -2.43. The first-order chi connectivity index (χ1) is 8.80. The third kappa shape index (κ3) is 4.99. The van der Waals surface area contributed by atoms with Gasteiger partial charge in [0, 0.05) is 0 Å². The Morgan fingerprint density at radius 1 is 1.21 bits per heavy atom. The summed E-state index contributed by atoms with van der Waals surface area (Å²) in [7, 11) is 0. The minimum absolute atomic E-state index is 0.350. The molecule has 0 radical (unpaired) electrons. The molecule has 0 aromatic heterocycles. The topological polar surface area (TPSA) is 58.2 Å². The summed E-state index contributed by atoms with van der Waals surface area (Å²) in [6.07, 6.45) is -4.98. The average molecular weight is 274 g/mol. The first kappa shape index (κ1) is 15.0. The number of hydrogen-bond donors (Lipinski definition) is 2. The fourth-order valence-electron chi connectivity index (χ4n) is 1.38. The molecule has 2 amide bonds. The Labute approximate surface area is 108 Å². The second-order valence-corrected chi connectivity index (χ2v) is 3.88. The fourth-order valence-corrected chi connectivity index (χ4v) is 1.38. The number of carbonyl (C=O) groups excluding carboxylic acids is 2. The molecule has 0 saturated carbocycles. The van der Waals surface area contributed by atoms with Crippen molar-refractivity contribution in [3.05, 3.63) is 35.9 Å². The third-order valence-electron chi connectivity index (χ3n) is 2.34. The van der Waals surface area contributed by atoms with Crippen LogP contribution in [-0.4, -0.2) is 24.5 Å². The molecule has 1 aromatic rings. The lowest BCUT2D eigenvalue weighted by Gasteiger charge is -2.14. The summed E-state index contributed by atoms with van der Waals surface area (Å²) < 4.78 is 35.6. The van der Waals surface area contributed by atoms with Crippen molar-refractivity contribution in [3.8, 4) is 0 Å². The van der Waals surface area contributed by atoms with Crippen LogP contribution >= 0.6 is 0 Å². The first-order valence-corrected chi connectivity index (χ1v) is 5.50. The van der Waals surface area contributed by atoms with Crippen LogP contribution in [0, 0.1) is 0 Å². The maximum Gasteiger partial charge on any atom is 0.471 e. The van der Waals surface area contributed by atoms with Crippen LogP contribution in [0.25, 0.3) is 0 Å². The van der Waals surface area contributed by atoms with Gasteiger partial charge >= 0.3 is 12.1 Å². The smallest absolute Gasteiger partial charge is 0.348 e. The average Bonchev–Trinajstić information content (AvgIpc) is 2.35. The Balaban J connectivity index is 2.42. The van der Waals surface area contributed by atoms with Crippen molar-refractivity contribution in [1.29, 1.82) is 0 Å². The summed E-state index contributed by atoms with van der Waals surface area (Å²) in [6, 6.07) is 8.57. The number of alkyl halides is 3. The molecule has 0 aliphatic rings. The van der Waals surface area contributed by atoms with E-state index in [1.807, 2.05) is 6.07 Å². The zero-order chi connectivity index (χ0) is 14.5. The van der Waals surface area contributed by atoms with Gasteiger partial charge in [-0.05, 0) is 12.5 Å². The van der Waals surface area contributed by atoms with E-state index in [0.717, 1.165) is 5.56 Å². The van der Waals surface area contributed by atoms with Crippen molar-refractivity contribution in [2.45, 2.75) is 19.1 Å². The van der Waals surface area contributed by atoms with E-state index in [4.69, 9.17) is 0 Å². The number of hydrogen-bond acceptors (Lipinski definition) is 2. The second kappa shape index (κ2) is 6.21. The van der Waals surface area contributed by atoms with E-state index >= 15 is 0 Å². The van der Waals surface area contributed by atoms with Crippen LogP contribution in [-0.2, 0) is 9.59 Å². The monoisotopic (exact) mass is 274 g/mol. The number of nitrogens with one attached hydrogen (secondary N) is 2. The first-order valence-electron chi connectivity index (χ1n) is 5.50. The van der Waals surface area contributed by atoms with E-state index in [2.05, 4.69) is 5.32 Å². The molecule has 0 aliphatic carbocycles. The molecule has 4 nitrogen and oxygen atoms in total. The maximum atomic E-state index is 11.9. The molecule has 0 spiro atoms. The summed E-state index contributed by atoms with van der Waals surface area (Å²) in [5.41, 5.74) is 0.818. The van der Waals surface area contributed by atoms with Gasteiger partial charge in [0.15, 0.2) is 0 Å². The number of amides is 2. The van der Waals surface area contributed by atoms with Gasteiger partial charge in [-0.15, -0.1) is 0 Å². The summed E-state index contributed by atoms with van der Waals surface area (Å²) in [6.45, 7) is 0.980. The Bertz CT molecular complexity index is 446. The third-order valence-corrected chi connectivity index (χ3v) is 2.34. The molecule has 19 heavy (non-hydrogen) atoms. The van der Waals surface area contributed by atoms with Gasteiger partial charge in [0.25, 0.3) is 0 Å². The highest BCUT2D eigenvalue weighted by atomic mass is 19.4. The van der Waals surface area contributed by atoms with Crippen LogP contribution < -0.4 is 10.6 Å². The summed E-state index contributed by atoms with van der Waals surface area (Å²) in [4.78, 5) is 21.9.